The van der Waals surface area contributed by atoms with Gasteiger partial charge in [0.2, 0.25) is 5.91 Å². The first-order chi connectivity index (χ1) is 11.0. The third-order valence-electron chi connectivity index (χ3n) is 4.35. The van der Waals surface area contributed by atoms with Crippen LogP contribution in [0, 0.1) is 5.41 Å². The lowest BCUT2D eigenvalue weighted by Gasteiger charge is -2.40. The standard InChI is InChI=1S/C18H26N2O2S/c1-14(12-23-3)19-17(22)18(2)10-7-11-20(13-18)16(21)15-8-5-4-6-9-15/h4-6,8-9,14H,7,10-13H2,1-3H3,(H,19,22)/t14-,18+/m1/s1. The number of nitrogens with one attached hydrogen (secondary N) is 1. The van der Waals surface area contributed by atoms with Gasteiger partial charge in [0.05, 0.1) is 5.41 Å². The zero-order valence-electron chi connectivity index (χ0n) is 14.2. The molecular weight excluding hydrogens is 308 g/mol. The van der Waals surface area contributed by atoms with Gasteiger partial charge in [-0.3, -0.25) is 9.59 Å². The summed E-state index contributed by atoms with van der Waals surface area (Å²) in [6, 6.07) is 9.44. The first-order valence-electron chi connectivity index (χ1n) is 8.10. The van der Waals surface area contributed by atoms with Crippen LogP contribution >= 0.6 is 11.8 Å². The Kier molecular flexibility index (Phi) is 6.10. The molecule has 1 aliphatic heterocycles. The van der Waals surface area contributed by atoms with Gasteiger partial charge >= 0.3 is 0 Å². The van der Waals surface area contributed by atoms with Gasteiger partial charge < -0.3 is 10.2 Å². The van der Waals surface area contributed by atoms with Crippen LogP contribution in [0.4, 0.5) is 0 Å². The zero-order chi connectivity index (χ0) is 16.9. The highest BCUT2D eigenvalue weighted by molar-refractivity contribution is 7.98. The van der Waals surface area contributed by atoms with Gasteiger partial charge in [-0.1, -0.05) is 18.2 Å². The normalized spacial score (nSPS) is 22.5. The van der Waals surface area contributed by atoms with Crippen molar-refractivity contribution in [3.8, 4) is 0 Å². The summed E-state index contributed by atoms with van der Waals surface area (Å²) in [5, 5.41) is 3.09. The number of amides is 2. The van der Waals surface area contributed by atoms with E-state index in [4.69, 9.17) is 0 Å². The van der Waals surface area contributed by atoms with Gasteiger partial charge in [-0.15, -0.1) is 0 Å². The molecule has 0 spiro atoms. The lowest BCUT2D eigenvalue weighted by molar-refractivity contribution is -0.133. The van der Waals surface area contributed by atoms with Crippen molar-refractivity contribution in [3.63, 3.8) is 0 Å². The highest BCUT2D eigenvalue weighted by Crippen LogP contribution is 2.30. The maximum atomic E-state index is 12.7. The van der Waals surface area contributed by atoms with Gasteiger partial charge in [-0.25, -0.2) is 0 Å². The summed E-state index contributed by atoms with van der Waals surface area (Å²) in [4.78, 5) is 27.1. The minimum atomic E-state index is -0.505. The summed E-state index contributed by atoms with van der Waals surface area (Å²) in [6.07, 6.45) is 3.72. The maximum absolute atomic E-state index is 12.7. The predicted octanol–water partition coefficient (Wildman–Crippen LogP) is 2.80. The second kappa shape index (κ2) is 7.86. The summed E-state index contributed by atoms with van der Waals surface area (Å²) in [5.41, 5.74) is 0.183. The van der Waals surface area contributed by atoms with Crippen molar-refractivity contribution in [3.05, 3.63) is 35.9 Å². The minimum Gasteiger partial charge on any atom is -0.352 e. The van der Waals surface area contributed by atoms with E-state index < -0.39 is 5.41 Å². The molecule has 4 nitrogen and oxygen atoms in total. The van der Waals surface area contributed by atoms with Gasteiger partial charge in [0.15, 0.2) is 0 Å². The van der Waals surface area contributed by atoms with Crippen molar-refractivity contribution in [1.29, 1.82) is 0 Å². The monoisotopic (exact) mass is 334 g/mol. The van der Waals surface area contributed by atoms with Crippen molar-refractivity contribution in [2.75, 3.05) is 25.1 Å². The molecule has 1 aliphatic rings. The molecule has 0 saturated carbocycles. The van der Waals surface area contributed by atoms with Crippen LogP contribution < -0.4 is 5.32 Å². The number of likely N-dealkylation sites (tertiary alicyclic amines) is 1. The third kappa shape index (κ3) is 4.50. The van der Waals surface area contributed by atoms with E-state index in [0.717, 1.165) is 25.1 Å². The number of hydrogen-bond acceptors (Lipinski definition) is 3. The van der Waals surface area contributed by atoms with E-state index in [0.29, 0.717) is 12.1 Å². The predicted molar refractivity (Wildman–Crippen MR) is 95.7 cm³/mol. The van der Waals surface area contributed by atoms with Crippen molar-refractivity contribution < 1.29 is 9.59 Å². The molecule has 126 valence electrons. The van der Waals surface area contributed by atoms with Crippen LogP contribution in [0.5, 0.6) is 0 Å². The Bertz CT molecular complexity index is 549. The Hall–Kier alpha value is -1.49. The summed E-state index contributed by atoms with van der Waals surface area (Å²) in [5.74, 6) is 0.972. The molecular formula is C18H26N2O2S. The molecule has 1 aromatic carbocycles. The number of carbonyl (C=O) groups excluding carboxylic acids is 2. The van der Waals surface area contributed by atoms with Gasteiger partial charge in [-0.2, -0.15) is 11.8 Å². The fourth-order valence-electron chi connectivity index (χ4n) is 3.05. The lowest BCUT2D eigenvalue weighted by Crippen LogP contribution is -2.53. The number of piperidine rings is 1. The van der Waals surface area contributed by atoms with E-state index in [1.165, 1.54) is 0 Å². The van der Waals surface area contributed by atoms with E-state index in [-0.39, 0.29) is 17.9 Å². The van der Waals surface area contributed by atoms with E-state index in [2.05, 4.69) is 5.32 Å². The first-order valence-corrected chi connectivity index (χ1v) is 9.50. The van der Waals surface area contributed by atoms with Crippen molar-refractivity contribution in [2.24, 2.45) is 5.41 Å². The molecule has 1 fully saturated rings. The van der Waals surface area contributed by atoms with E-state index >= 15 is 0 Å². The molecule has 1 N–H and O–H groups in total. The molecule has 2 amide bonds. The average molecular weight is 334 g/mol. The Morgan fingerprint density at radius 2 is 2.04 bits per heavy atom. The number of carbonyl (C=O) groups is 2. The van der Waals surface area contributed by atoms with Gasteiger partial charge in [0, 0.05) is 30.4 Å². The lowest BCUT2D eigenvalue weighted by atomic mass is 9.80. The molecule has 2 atom stereocenters. The summed E-state index contributed by atoms with van der Waals surface area (Å²) >= 11 is 1.72. The average Bonchev–Trinajstić information content (AvgIpc) is 2.55. The van der Waals surface area contributed by atoms with Crippen LogP contribution in [-0.4, -0.2) is 47.9 Å². The summed E-state index contributed by atoms with van der Waals surface area (Å²) in [6.45, 7) is 5.20. The molecule has 1 heterocycles. The smallest absolute Gasteiger partial charge is 0.253 e. The SMILES string of the molecule is CSC[C@@H](C)NC(=O)[C@@]1(C)CCCN(C(=O)c2ccccc2)C1. The highest BCUT2D eigenvalue weighted by atomic mass is 32.2. The molecule has 0 aliphatic carbocycles. The van der Waals surface area contributed by atoms with Crippen LogP contribution in [0.3, 0.4) is 0 Å². The molecule has 23 heavy (non-hydrogen) atoms. The Balaban J connectivity index is 2.04. The second-order valence-corrected chi connectivity index (χ2v) is 7.50. The molecule has 0 bridgehead atoms. The molecule has 2 rings (SSSR count). The maximum Gasteiger partial charge on any atom is 0.253 e. The minimum absolute atomic E-state index is 0.0153. The molecule has 0 radical (unpaired) electrons. The molecule has 0 aromatic heterocycles. The third-order valence-corrected chi connectivity index (χ3v) is 5.18. The van der Waals surface area contributed by atoms with E-state index in [9.17, 15) is 9.59 Å². The van der Waals surface area contributed by atoms with Gasteiger partial charge in [-0.05, 0) is 45.1 Å². The van der Waals surface area contributed by atoms with Crippen LogP contribution in [0.15, 0.2) is 30.3 Å². The van der Waals surface area contributed by atoms with Gasteiger partial charge in [0.1, 0.15) is 0 Å². The van der Waals surface area contributed by atoms with Crippen LogP contribution in [0.2, 0.25) is 0 Å². The summed E-state index contributed by atoms with van der Waals surface area (Å²) < 4.78 is 0. The topological polar surface area (TPSA) is 49.4 Å². The number of thioether (sulfide) groups is 1. The quantitative estimate of drug-likeness (QED) is 0.901. The Morgan fingerprint density at radius 1 is 1.35 bits per heavy atom. The number of rotatable bonds is 5. The Labute approximate surface area is 143 Å². The summed E-state index contributed by atoms with van der Waals surface area (Å²) in [7, 11) is 0. The van der Waals surface area contributed by atoms with E-state index in [1.807, 2.05) is 55.3 Å². The number of nitrogens with zero attached hydrogens (tertiary/aromatic N) is 1. The van der Waals surface area contributed by atoms with Crippen LogP contribution in [-0.2, 0) is 4.79 Å². The number of hydrogen-bond donors (Lipinski definition) is 1. The molecule has 1 saturated heterocycles. The first kappa shape index (κ1) is 17.9. The number of benzene rings is 1. The second-order valence-electron chi connectivity index (χ2n) is 6.59. The van der Waals surface area contributed by atoms with E-state index in [1.54, 1.807) is 11.8 Å². The highest BCUT2D eigenvalue weighted by Gasteiger charge is 2.39. The van der Waals surface area contributed by atoms with Crippen molar-refractivity contribution in [1.82, 2.24) is 10.2 Å². The fraction of sp³-hybridized carbons (Fsp3) is 0.556. The van der Waals surface area contributed by atoms with Crippen LogP contribution in [0.25, 0.3) is 0 Å². The molecule has 0 unspecified atom stereocenters. The van der Waals surface area contributed by atoms with Gasteiger partial charge in [0.25, 0.3) is 5.91 Å². The zero-order valence-corrected chi connectivity index (χ0v) is 15.0. The molecule has 5 heteroatoms. The van der Waals surface area contributed by atoms with Crippen molar-refractivity contribution in [2.45, 2.75) is 32.7 Å². The molecule has 1 aromatic rings. The van der Waals surface area contributed by atoms with Crippen LogP contribution in [0.1, 0.15) is 37.0 Å². The fourth-order valence-corrected chi connectivity index (χ4v) is 3.63. The Morgan fingerprint density at radius 3 is 2.70 bits per heavy atom. The largest absolute Gasteiger partial charge is 0.352 e. The van der Waals surface area contributed by atoms with Crippen molar-refractivity contribution >= 4 is 23.6 Å².